The van der Waals surface area contributed by atoms with E-state index in [2.05, 4.69) is 15.9 Å². The maximum atomic E-state index is 12.5. The zero-order valence-electron chi connectivity index (χ0n) is 11.4. The number of sulfonamides is 1. The molecule has 4 N–H and O–H groups in total. The largest absolute Gasteiger partial charge is 0.337 e. The van der Waals surface area contributed by atoms with Crippen LogP contribution in [0.2, 0.25) is 0 Å². The fourth-order valence-corrected chi connectivity index (χ4v) is 3.75. The van der Waals surface area contributed by atoms with E-state index in [-0.39, 0.29) is 29.3 Å². The second kappa shape index (κ2) is 6.62. The van der Waals surface area contributed by atoms with Gasteiger partial charge < -0.3 is 10.6 Å². The highest BCUT2D eigenvalue weighted by Gasteiger charge is 2.27. The Morgan fingerprint density at radius 3 is 2.52 bits per heavy atom. The minimum atomic E-state index is -3.87. The molecule has 0 bridgehead atoms. The van der Waals surface area contributed by atoms with E-state index in [1.54, 1.807) is 17.9 Å². The molecule has 1 saturated heterocycles. The molecule has 0 aromatic heterocycles. The molecule has 1 aromatic carbocycles. The first-order chi connectivity index (χ1) is 9.20. The highest BCUT2D eigenvalue weighted by molar-refractivity contribution is 9.10. The van der Waals surface area contributed by atoms with Crippen LogP contribution >= 0.6 is 28.3 Å². The fourth-order valence-electron chi connectivity index (χ4n) is 2.31. The van der Waals surface area contributed by atoms with Gasteiger partial charge in [-0.15, -0.1) is 12.4 Å². The van der Waals surface area contributed by atoms with E-state index in [0.717, 1.165) is 6.42 Å². The predicted octanol–water partition coefficient (Wildman–Crippen LogP) is 1.000. The van der Waals surface area contributed by atoms with Gasteiger partial charge in [0.1, 0.15) is 0 Å². The lowest BCUT2D eigenvalue weighted by Gasteiger charge is -2.18. The maximum absolute atomic E-state index is 12.5. The summed E-state index contributed by atoms with van der Waals surface area (Å²) in [6.07, 6.45) is 0.751. The van der Waals surface area contributed by atoms with Crippen molar-refractivity contribution in [2.45, 2.75) is 24.3 Å². The molecule has 0 spiro atoms. The lowest BCUT2D eigenvalue weighted by atomic mass is 10.1. The van der Waals surface area contributed by atoms with Crippen LogP contribution in [0.15, 0.2) is 21.5 Å². The Kier molecular flexibility index (Phi) is 5.79. The van der Waals surface area contributed by atoms with Crippen LogP contribution in [0.4, 0.5) is 0 Å². The van der Waals surface area contributed by atoms with Gasteiger partial charge >= 0.3 is 0 Å². The van der Waals surface area contributed by atoms with Crippen molar-refractivity contribution >= 4 is 44.3 Å². The zero-order chi connectivity index (χ0) is 15.1. The van der Waals surface area contributed by atoms with Crippen molar-refractivity contribution in [3.05, 3.63) is 27.7 Å². The summed E-state index contributed by atoms with van der Waals surface area (Å²) in [6.45, 7) is 2.64. The third kappa shape index (κ3) is 3.95. The van der Waals surface area contributed by atoms with Gasteiger partial charge in [0.15, 0.2) is 0 Å². The molecule has 0 unspecified atom stereocenters. The lowest BCUT2D eigenvalue weighted by Crippen LogP contribution is -2.32. The number of nitrogens with two attached hydrogens (primary N) is 2. The summed E-state index contributed by atoms with van der Waals surface area (Å²) in [5.74, 6) is -0.221. The summed E-state index contributed by atoms with van der Waals surface area (Å²) < 4.78 is 23.6. The van der Waals surface area contributed by atoms with Crippen molar-refractivity contribution in [1.82, 2.24) is 4.90 Å². The molecule has 0 aliphatic carbocycles. The molecular formula is C12H17BrClN3O3S. The Morgan fingerprint density at radius 2 is 2.05 bits per heavy atom. The molecule has 2 rings (SSSR count). The molecule has 1 aromatic rings. The molecule has 1 atom stereocenters. The number of carbonyl (C=O) groups excluding carboxylic acids is 1. The molecular weight excluding hydrogens is 382 g/mol. The van der Waals surface area contributed by atoms with Gasteiger partial charge in [-0.3, -0.25) is 4.79 Å². The van der Waals surface area contributed by atoms with Gasteiger partial charge in [-0.05, 0) is 31.0 Å². The van der Waals surface area contributed by atoms with Crippen LogP contribution in [-0.2, 0) is 10.0 Å². The average Bonchev–Trinajstić information content (AvgIpc) is 2.76. The molecule has 6 nitrogen and oxygen atoms in total. The molecule has 118 valence electrons. The zero-order valence-corrected chi connectivity index (χ0v) is 14.6. The van der Waals surface area contributed by atoms with E-state index in [4.69, 9.17) is 10.9 Å². The molecule has 1 fully saturated rings. The first-order valence-corrected chi connectivity index (χ1v) is 8.42. The van der Waals surface area contributed by atoms with Crippen molar-refractivity contribution in [2.24, 2.45) is 10.9 Å². The lowest BCUT2D eigenvalue weighted by molar-refractivity contribution is 0.0790. The fraction of sp³-hybridized carbons (Fsp3) is 0.417. The first-order valence-electron chi connectivity index (χ1n) is 6.08. The third-order valence-electron chi connectivity index (χ3n) is 3.37. The van der Waals surface area contributed by atoms with Crippen LogP contribution in [0.1, 0.15) is 22.3 Å². The summed E-state index contributed by atoms with van der Waals surface area (Å²) >= 11 is 3.21. The highest BCUT2D eigenvalue weighted by atomic mass is 79.9. The summed E-state index contributed by atoms with van der Waals surface area (Å²) in [5.41, 5.74) is 6.48. The average molecular weight is 399 g/mol. The summed E-state index contributed by atoms with van der Waals surface area (Å²) in [6, 6.07) is 2.98. The van der Waals surface area contributed by atoms with Crippen molar-refractivity contribution in [2.75, 3.05) is 13.1 Å². The van der Waals surface area contributed by atoms with E-state index in [9.17, 15) is 13.2 Å². The van der Waals surface area contributed by atoms with E-state index < -0.39 is 10.0 Å². The number of likely N-dealkylation sites (tertiary alicyclic amines) is 1. The monoisotopic (exact) mass is 397 g/mol. The van der Waals surface area contributed by atoms with E-state index in [1.807, 2.05) is 0 Å². The predicted molar refractivity (Wildman–Crippen MR) is 86.0 cm³/mol. The van der Waals surface area contributed by atoms with Gasteiger partial charge in [-0.2, -0.15) is 0 Å². The number of nitrogens with zero attached hydrogens (tertiary/aromatic N) is 1. The number of halogens is 2. The number of rotatable bonds is 2. The minimum Gasteiger partial charge on any atom is -0.337 e. The second-order valence-corrected chi connectivity index (χ2v) is 7.37. The topological polar surface area (TPSA) is 106 Å². The van der Waals surface area contributed by atoms with Crippen molar-refractivity contribution in [3.8, 4) is 0 Å². The molecule has 0 radical (unpaired) electrons. The van der Waals surface area contributed by atoms with Crippen molar-refractivity contribution in [1.29, 1.82) is 0 Å². The molecule has 1 aliphatic heterocycles. The van der Waals surface area contributed by atoms with Crippen LogP contribution in [-0.4, -0.2) is 38.4 Å². The Bertz CT molecular complexity index is 666. The van der Waals surface area contributed by atoms with E-state index in [1.165, 1.54) is 6.07 Å². The Hall–Kier alpha value is -0.670. The number of hydrogen-bond acceptors (Lipinski definition) is 4. The molecule has 9 heteroatoms. The van der Waals surface area contributed by atoms with E-state index >= 15 is 0 Å². The molecule has 1 heterocycles. The van der Waals surface area contributed by atoms with Gasteiger partial charge in [0.25, 0.3) is 5.91 Å². The van der Waals surface area contributed by atoms with Gasteiger partial charge in [-0.25, -0.2) is 13.6 Å². The van der Waals surface area contributed by atoms with Gasteiger partial charge in [0, 0.05) is 29.2 Å². The number of amides is 1. The molecule has 1 amide bonds. The quantitative estimate of drug-likeness (QED) is 0.775. The smallest absolute Gasteiger partial charge is 0.254 e. The first kappa shape index (κ1) is 18.4. The normalized spacial score (nSPS) is 18.5. The minimum absolute atomic E-state index is 0. The molecule has 0 saturated carbocycles. The van der Waals surface area contributed by atoms with Gasteiger partial charge in [0.2, 0.25) is 10.0 Å². The van der Waals surface area contributed by atoms with Crippen LogP contribution < -0.4 is 10.9 Å². The Balaban J connectivity index is 0.00000220. The van der Waals surface area contributed by atoms with Crippen LogP contribution in [0.3, 0.4) is 0 Å². The number of hydrogen-bond donors (Lipinski definition) is 2. The van der Waals surface area contributed by atoms with Crippen LogP contribution in [0.25, 0.3) is 0 Å². The van der Waals surface area contributed by atoms with E-state index in [0.29, 0.717) is 28.7 Å². The van der Waals surface area contributed by atoms with Crippen molar-refractivity contribution < 1.29 is 13.2 Å². The second-order valence-electron chi connectivity index (χ2n) is 4.92. The number of primary sulfonamides is 1. The van der Waals surface area contributed by atoms with Gasteiger partial charge in [0.05, 0.1) is 4.90 Å². The van der Waals surface area contributed by atoms with Gasteiger partial charge in [-0.1, -0.05) is 15.9 Å². The van der Waals surface area contributed by atoms with Crippen LogP contribution in [0, 0.1) is 6.92 Å². The Morgan fingerprint density at radius 1 is 1.43 bits per heavy atom. The summed E-state index contributed by atoms with van der Waals surface area (Å²) in [7, 11) is -3.87. The SMILES string of the molecule is Cc1c(C(=O)N2CC[C@@H](N)C2)cc(Br)cc1S(N)(=O)=O.Cl. The standard InChI is InChI=1S/C12H16BrN3O3S.ClH/c1-7-10(12(17)16-3-2-9(14)6-16)4-8(13)5-11(7)20(15,18)19;/h4-5,9H,2-3,6,14H2,1H3,(H2,15,18,19);1H/t9-;/m1./s1. The summed E-state index contributed by atoms with van der Waals surface area (Å²) in [4.78, 5) is 14.0. The number of carbonyl (C=O) groups is 1. The third-order valence-corrected chi connectivity index (χ3v) is 4.87. The highest BCUT2D eigenvalue weighted by Crippen LogP contribution is 2.26. The molecule has 21 heavy (non-hydrogen) atoms. The Labute approximate surface area is 138 Å². The van der Waals surface area contributed by atoms with Crippen LogP contribution in [0.5, 0.6) is 0 Å². The van der Waals surface area contributed by atoms with Crippen molar-refractivity contribution in [3.63, 3.8) is 0 Å². The molecule has 1 aliphatic rings. The summed E-state index contributed by atoms with van der Waals surface area (Å²) in [5, 5.41) is 5.18. The number of benzene rings is 1. The maximum Gasteiger partial charge on any atom is 0.254 e.